The summed E-state index contributed by atoms with van der Waals surface area (Å²) in [5.41, 5.74) is -0.277. The summed E-state index contributed by atoms with van der Waals surface area (Å²) in [5.74, 6) is -0.228. The fraction of sp³-hybridized carbons (Fsp3) is 0.900. The van der Waals surface area contributed by atoms with E-state index in [1.165, 1.54) is 6.42 Å². The molecule has 0 aromatic carbocycles. The summed E-state index contributed by atoms with van der Waals surface area (Å²) in [4.78, 5) is 10.6. The van der Waals surface area contributed by atoms with Crippen LogP contribution < -0.4 is 5.32 Å². The molecule has 0 aromatic heterocycles. The van der Waals surface area contributed by atoms with Gasteiger partial charge in [-0.1, -0.05) is 29.6 Å². The molecule has 3 nitrogen and oxygen atoms in total. The fourth-order valence-corrected chi connectivity index (χ4v) is 2.63. The number of ether oxygens (including phenoxy) is 1. The molecule has 1 N–H and O–H groups in total. The number of hydrogen-bond donors (Lipinski definition) is 1. The summed E-state index contributed by atoms with van der Waals surface area (Å²) < 4.78 is 5.78. The van der Waals surface area contributed by atoms with Crippen molar-refractivity contribution in [2.24, 2.45) is 0 Å². The minimum atomic E-state index is -0.976. The summed E-state index contributed by atoms with van der Waals surface area (Å²) in [6, 6.07) is 0. The van der Waals surface area contributed by atoms with Gasteiger partial charge in [0.05, 0.1) is 0 Å². The van der Waals surface area contributed by atoms with Gasteiger partial charge in [0.1, 0.15) is 11.8 Å². The molecule has 15 heavy (non-hydrogen) atoms. The van der Waals surface area contributed by atoms with Crippen LogP contribution in [0.15, 0.2) is 0 Å². The van der Waals surface area contributed by atoms with Crippen LogP contribution in [0.4, 0.5) is 0 Å². The van der Waals surface area contributed by atoms with Crippen LogP contribution in [0.25, 0.3) is 0 Å². The van der Waals surface area contributed by atoms with Crippen molar-refractivity contribution < 1.29 is 9.53 Å². The first kappa shape index (κ1) is 11.6. The Hall–Kier alpha value is 0.170. The van der Waals surface area contributed by atoms with E-state index in [0.717, 1.165) is 25.7 Å². The van der Waals surface area contributed by atoms with E-state index < -0.39 is 10.9 Å². The Bertz CT molecular complexity index is 252. The van der Waals surface area contributed by atoms with Crippen molar-refractivity contribution >= 4 is 29.0 Å². The summed E-state index contributed by atoms with van der Waals surface area (Å²) in [6.07, 6.45) is 5.04. The zero-order valence-electron chi connectivity index (χ0n) is 8.47. The van der Waals surface area contributed by atoms with Crippen molar-refractivity contribution in [3.63, 3.8) is 0 Å². The van der Waals surface area contributed by atoms with Gasteiger partial charge in [-0.05, 0) is 25.7 Å². The Balaban J connectivity index is 1.96. The first-order valence-corrected chi connectivity index (χ1v) is 6.25. The molecule has 2 aliphatic rings. The van der Waals surface area contributed by atoms with E-state index in [0.29, 0.717) is 6.54 Å². The van der Waals surface area contributed by atoms with E-state index in [-0.39, 0.29) is 11.5 Å². The van der Waals surface area contributed by atoms with Gasteiger partial charge in [-0.3, -0.25) is 10.1 Å². The zero-order valence-corrected chi connectivity index (χ0v) is 9.98. The highest BCUT2D eigenvalue weighted by atomic mass is 35.5. The van der Waals surface area contributed by atoms with Crippen LogP contribution in [-0.4, -0.2) is 29.0 Å². The van der Waals surface area contributed by atoms with Crippen molar-refractivity contribution in [2.45, 2.75) is 48.8 Å². The number of hydrogen-bond acceptors (Lipinski definition) is 3. The van der Waals surface area contributed by atoms with Gasteiger partial charge in [0.25, 0.3) is 0 Å². The van der Waals surface area contributed by atoms with Crippen molar-refractivity contribution in [3.8, 4) is 0 Å². The van der Waals surface area contributed by atoms with Crippen LogP contribution >= 0.6 is 23.2 Å². The van der Waals surface area contributed by atoms with Gasteiger partial charge in [-0.15, -0.1) is 0 Å². The molecule has 0 aromatic rings. The summed E-state index contributed by atoms with van der Waals surface area (Å²) in [7, 11) is 0. The molecule has 1 saturated heterocycles. The molecule has 0 bridgehead atoms. The lowest BCUT2D eigenvalue weighted by molar-refractivity contribution is -0.136. The van der Waals surface area contributed by atoms with E-state index in [2.05, 4.69) is 5.32 Å². The molecule has 1 saturated carbocycles. The molecule has 1 spiro atoms. The lowest BCUT2D eigenvalue weighted by Crippen LogP contribution is -2.42. The number of carbonyl (C=O) groups is 1. The molecule has 86 valence electrons. The Morgan fingerprint density at radius 1 is 1.33 bits per heavy atom. The highest BCUT2D eigenvalue weighted by molar-refractivity contribution is 6.54. The molecule has 1 atom stereocenters. The second kappa shape index (κ2) is 4.58. The predicted molar refractivity (Wildman–Crippen MR) is 59.2 cm³/mol. The lowest BCUT2D eigenvalue weighted by Gasteiger charge is -2.33. The molecule has 1 aliphatic heterocycles. The van der Waals surface area contributed by atoms with Crippen molar-refractivity contribution in [1.82, 2.24) is 5.32 Å². The van der Waals surface area contributed by atoms with Gasteiger partial charge in [0.15, 0.2) is 10.6 Å². The van der Waals surface area contributed by atoms with Crippen molar-refractivity contribution in [1.29, 1.82) is 0 Å². The number of nitrogens with one attached hydrogen (secondary N) is 1. The maximum absolute atomic E-state index is 11.5. The predicted octanol–water partition coefficient (Wildman–Crippen LogP) is 2.01. The van der Waals surface area contributed by atoms with Crippen LogP contribution in [0, 0.1) is 0 Å². The Morgan fingerprint density at radius 3 is 2.60 bits per heavy atom. The highest BCUT2D eigenvalue weighted by Crippen LogP contribution is 2.34. The van der Waals surface area contributed by atoms with Crippen molar-refractivity contribution in [3.05, 3.63) is 0 Å². The molecule has 0 amide bonds. The SMILES string of the molecule is O=C(C(Cl)Cl)C1CNC2(CCCCC2)O1. The maximum atomic E-state index is 11.5. The Labute approximate surface area is 99.4 Å². The van der Waals surface area contributed by atoms with E-state index in [4.69, 9.17) is 27.9 Å². The summed E-state index contributed by atoms with van der Waals surface area (Å²) in [6.45, 7) is 0.536. The van der Waals surface area contributed by atoms with Gasteiger partial charge in [-0.2, -0.15) is 0 Å². The zero-order chi connectivity index (χ0) is 10.9. The average molecular weight is 252 g/mol. The molecule has 5 heteroatoms. The molecule has 2 fully saturated rings. The average Bonchev–Trinajstić information content (AvgIpc) is 2.62. The van der Waals surface area contributed by atoms with E-state index >= 15 is 0 Å². The van der Waals surface area contributed by atoms with Crippen LogP contribution in [0.1, 0.15) is 32.1 Å². The number of carbonyl (C=O) groups excluding carboxylic acids is 1. The number of alkyl halides is 2. The van der Waals surface area contributed by atoms with E-state index in [9.17, 15) is 4.79 Å². The van der Waals surface area contributed by atoms with E-state index in [1.54, 1.807) is 0 Å². The largest absolute Gasteiger partial charge is 0.348 e. The molecule has 1 aliphatic carbocycles. The van der Waals surface area contributed by atoms with Gasteiger partial charge >= 0.3 is 0 Å². The molecule has 2 rings (SSSR count). The van der Waals surface area contributed by atoms with Crippen LogP contribution in [0.2, 0.25) is 0 Å². The van der Waals surface area contributed by atoms with Crippen molar-refractivity contribution in [2.75, 3.05) is 6.54 Å². The second-order valence-corrected chi connectivity index (χ2v) is 5.34. The standard InChI is InChI=1S/C10H15Cl2NO2/c11-9(12)8(14)7-6-13-10(15-7)4-2-1-3-5-10/h7,9,13H,1-6H2. The quantitative estimate of drug-likeness (QED) is 0.764. The summed E-state index contributed by atoms with van der Waals surface area (Å²) >= 11 is 11.1. The van der Waals surface area contributed by atoms with Gasteiger partial charge in [0, 0.05) is 6.54 Å². The van der Waals surface area contributed by atoms with Gasteiger partial charge in [0.2, 0.25) is 0 Å². The maximum Gasteiger partial charge on any atom is 0.195 e. The first-order chi connectivity index (χ1) is 7.13. The normalized spacial score (nSPS) is 29.9. The van der Waals surface area contributed by atoms with Crippen LogP contribution in [-0.2, 0) is 9.53 Å². The Kier molecular flexibility index (Phi) is 3.56. The topological polar surface area (TPSA) is 38.3 Å². The molecule has 1 unspecified atom stereocenters. The number of halogens is 2. The lowest BCUT2D eigenvalue weighted by atomic mass is 9.92. The van der Waals surface area contributed by atoms with Gasteiger partial charge in [-0.25, -0.2) is 0 Å². The number of ketones is 1. The van der Waals surface area contributed by atoms with Crippen LogP contribution in [0.3, 0.4) is 0 Å². The minimum absolute atomic E-state index is 0.228. The van der Waals surface area contributed by atoms with Crippen LogP contribution in [0.5, 0.6) is 0 Å². The highest BCUT2D eigenvalue weighted by Gasteiger charge is 2.43. The summed E-state index contributed by atoms with van der Waals surface area (Å²) in [5, 5.41) is 3.30. The minimum Gasteiger partial charge on any atom is -0.348 e. The monoisotopic (exact) mass is 251 g/mol. The fourth-order valence-electron chi connectivity index (χ4n) is 2.35. The number of rotatable bonds is 2. The number of Topliss-reactive ketones (excluding diaryl/α,β-unsaturated/α-hetero) is 1. The smallest absolute Gasteiger partial charge is 0.195 e. The molecular weight excluding hydrogens is 237 g/mol. The third-order valence-corrected chi connectivity index (χ3v) is 3.60. The molecule has 0 radical (unpaired) electrons. The first-order valence-electron chi connectivity index (χ1n) is 5.38. The van der Waals surface area contributed by atoms with Gasteiger partial charge < -0.3 is 4.74 Å². The molecule has 1 heterocycles. The molecular formula is C10H15Cl2NO2. The second-order valence-electron chi connectivity index (χ2n) is 4.25. The van der Waals surface area contributed by atoms with E-state index in [1.807, 2.05) is 0 Å². The third-order valence-electron chi connectivity index (χ3n) is 3.17. The Morgan fingerprint density at radius 2 is 2.00 bits per heavy atom. The third kappa shape index (κ3) is 2.47.